The minimum absolute atomic E-state index is 0.261. The van der Waals surface area contributed by atoms with Gasteiger partial charge >= 0.3 is 5.97 Å². The average Bonchev–Trinajstić information content (AvgIpc) is 2.28. The monoisotopic (exact) mass is 206 g/mol. The summed E-state index contributed by atoms with van der Waals surface area (Å²) in [6, 6.07) is 0. The first kappa shape index (κ1) is 10.1. The first-order valence-corrected chi connectivity index (χ1v) is 5.26. The number of hydrogen-bond acceptors (Lipinski definition) is 3. The van der Waals surface area contributed by atoms with Crippen molar-refractivity contribution in [3.05, 3.63) is 22.8 Å². The lowest BCUT2D eigenvalue weighted by atomic mass is 9.82. The topological polar surface area (TPSA) is 43.4 Å². The predicted molar refractivity (Wildman–Crippen MR) is 55.2 cm³/mol. The van der Waals surface area contributed by atoms with E-state index in [2.05, 4.69) is 4.74 Å². The fraction of sp³-hybridized carbons (Fsp3) is 0.500. The Balaban J connectivity index is 2.29. The van der Waals surface area contributed by atoms with Gasteiger partial charge in [0.1, 0.15) is 0 Å². The van der Waals surface area contributed by atoms with E-state index in [1.54, 1.807) is 0 Å². The van der Waals surface area contributed by atoms with Crippen LogP contribution in [0.1, 0.15) is 32.1 Å². The van der Waals surface area contributed by atoms with E-state index >= 15 is 0 Å². The Morgan fingerprint density at radius 1 is 1.27 bits per heavy atom. The second kappa shape index (κ2) is 4.01. The largest absolute Gasteiger partial charge is 0.466 e. The second-order valence-electron chi connectivity index (χ2n) is 3.94. The summed E-state index contributed by atoms with van der Waals surface area (Å²) in [5.74, 6) is -0.00371. The van der Waals surface area contributed by atoms with Gasteiger partial charge < -0.3 is 4.74 Å². The molecule has 0 aromatic rings. The molecule has 15 heavy (non-hydrogen) atoms. The van der Waals surface area contributed by atoms with E-state index in [0.29, 0.717) is 24.8 Å². The van der Waals surface area contributed by atoms with Crippen LogP contribution in [-0.4, -0.2) is 18.9 Å². The Hall–Kier alpha value is -1.38. The second-order valence-corrected chi connectivity index (χ2v) is 3.94. The molecule has 0 radical (unpaired) electrons. The van der Waals surface area contributed by atoms with Gasteiger partial charge in [-0.15, -0.1) is 0 Å². The summed E-state index contributed by atoms with van der Waals surface area (Å²) >= 11 is 0. The van der Waals surface area contributed by atoms with Crippen LogP contribution in [0.15, 0.2) is 22.8 Å². The zero-order valence-corrected chi connectivity index (χ0v) is 8.84. The molecule has 0 saturated carbocycles. The summed E-state index contributed by atoms with van der Waals surface area (Å²) in [5, 5.41) is 0. The van der Waals surface area contributed by atoms with Crippen LogP contribution < -0.4 is 0 Å². The molecule has 0 amide bonds. The summed E-state index contributed by atoms with van der Waals surface area (Å²) in [6.07, 6.45) is 5.68. The van der Waals surface area contributed by atoms with Crippen molar-refractivity contribution in [3.8, 4) is 0 Å². The summed E-state index contributed by atoms with van der Waals surface area (Å²) < 4.78 is 4.68. The Bertz CT molecular complexity index is 374. The van der Waals surface area contributed by atoms with Crippen LogP contribution in [0.3, 0.4) is 0 Å². The first-order chi connectivity index (χ1) is 7.22. The maximum atomic E-state index is 11.6. The molecule has 2 rings (SSSR count). The molecule has 2 aliphatic rings. The molecular weight excluding hydrogens is 192 g/mol. The number of carbonyl (C=O) groups excluding carboxylic acids is 2. The number of allylic oxidation sites excluding steroid dienone is 3. The third-order valence-corrected chi connectivity index (χ3v) is 3.01. The Morgan fingerprint density at radius 2 is 2.07 bits per heavy atom. The SMILES string of the molecule is COC(=O)C1=CC2=C(CC1)C(=O)CCC2. The molecule has 0 N–H and O–H groups in total. The molecule has 0 saturated heterocycles. The summed E-state index contributed by atoms with van der Waals surface area (Å²) in [7, 11) is 1.39. The van der Waals surface area contributed by atoms with E-state index in [-0.39, 0.29) is 11.8 Å². The predicted octanol–water partition coefficient (Wildman–Crippen LogP) is 1.93. The van der Waals surface area contributed by atoms with Gasteiger partial charge in [0, 0.05) is 12.0 Å². The summed E-state index contributed by atoms with van der Waals surface area (Å²) in [6.45, 7) is 0. The van der Waals surface area contributed by atoms with E-state index in [4.69, 9.17) is 0 Å². The molecule has 80 valence electrons. The molecule has 0 aromatic carbocycles. The smallest absolute Gasteiger partial charge is 0.333 e. The van der Waals surface area contributed by atoms with Crippen molar-refractivity contribution in [2.45, 2.75) is 32.1 Å². The third kappa shape index (κ3) is 1.87. The number of ether oxygens (including phenoxy) is 1. The molecule has 0 spiro atoms. The minimum atomic E-state index is -0.264. The lowest BCUT2D eigenvalue weighted by Gasteiger charge is -2.22. The number of rotatable bonds is 1. The summed E-state index contributed by atoms with van der Waals surface area (Å²) in [4.78, 5) is 22.9. The lowest BCUT2D eigenvalue weighted by molar-refractivity contribution is -0.136. The average molecular weight is 206 g/mol. The van der Waals surface area contributed by atoms with E-state index in [1.165, 1.54) is 7.11 Å². The molecular formula is C12H14O3. The molecule has 0 aromatic heterocycles. The maximum Gasteiger partial charge on any atom is 0.333 e. The van der Waals surface area contributed by atoms with Crippen LogP contribution in [0.25, 0.3) is 0 Å². The Kier molecular flexibility index (Phi) is 2.71. The Labute approximate surface area is 88.8 Å². The van der Waals surface area contributed by atoms with Gasteiger partial charge in [0.25, 0.3) is 0 Å². The fourth-order valence-electron chi connectivity index (χ4n) is 2.21. The van der Waals surface area contributed by atoms with Gasteiger partial charge in [0.15, 0.2) is 5.78 Å². The van der Waals surface area contributed by atoms with E-state index in [1.807, 2.05) is 6.08 Å². The first-order valence-electron chi connectivity index (χ1n) is 5.26. The third-order valence-electron chi connectivity index (χ3n) is 3.01. The molecule has 0 atom stereocenters. The van der Waals surface area contributed by atoms with Gasteiger partial charge in [-0.3, -0.25) is 4.79 Å². The van der Waals surface area contributed by atoms with Crippen molar-refractivity contribution >= 4 is 11.8 Å². The molecule has 0 unspecified atom stereocenters. The van der Waals surface area contributed by atoms with Gasteiger partial charge in [0.2, 0.25) is 0 Å². The highest BCUT2D eigenvalue weighted by atomic mass is 16.5. The van der Waals surface area contributed by atoms with Crippen molar-refractivity contribution in [1.82, 2.24) is 0 Å². The van der Waals surface area contributed by atoms with E-state index in [0.717, 1.165) is 24.0 Å². The minimum Gasteiger partial charge on any atom is -0.466 e. The molecule has 0 aliphatic heterocycles. The van der Waals surface area contributed by atoms with Crippen molar-refractivity contribution in [3.63, 3.8) is 0 Å². The fourth-order valence-corrected chi connectivity index (χ4v) is 2.21. The Morgan fingerprint density at radius 3 is 2.80 bits per heavy atom. The van der Waals surface area contributed by atoms with E-state index < -0.39 is 0 Å². The highest BCUT2D eigenvalue weighted by Crippen LogP contribution is 2.32. The normalized spacial score (nSPS) is 20.9. The van der Waals surface area contributed by atoms with Crippen molar-refractivity contribution in [2.24, 2.45) is 0 Å². The number of hydrogen-bond donors (Lipinski definition) is 0. The molecule has 2 aliphatic carbocycles. The molecule has 0 fully saturated rings. The van der Waals surface area contributed by atoms with Crippen LogP contribution in [0.2, 0.25) is 0 Å². The van der Waals surface area contributed by atoms with Gasteiger partial charge in [-0.25, -0.2) is 4.79 Å². The molecule has 3 nitrogen and oxygen atoms in total. The highest BCUT2D eigenvalue weighted by molar-refractivity contribution is 5.99. The van der Waals surface area contributed by atoms with E-state index in [9.17, 15) is 9.59 Å². The van der Waals surface area contributed by atoms with Crippen LogP contribution >= 0.6 is 0 Å². The number of methoxy groups -OCH3 is 1. The number of esters is 1. The van der Waals surface area contributed by atoms with Gasteiger partial charge in [-0.05, 0) is 42.9 Å². The van der Waals surface area contributed by atoms with Gasteiger partial charge in [0.05, 0.1) is 7.11 Å². The van der Waals surface area contributed by atoms with Crippen molar-refractivity contribution in [2.75, 3.05) is 7.11 Å². The zero-order valence-electron chi connectivity index (χ0n) is 8.84. The van der Waals surface area contributed by atoms with Gasteiger partial charge in [-0.1, -0.05) is 0 Å². The molecule has 0 bridgehead atoms. The van der Waals surface area contributed by atoms with Gasteiger partial charge in [-0.2, -0.15) is 0 Å². The zero-order chi connectivity index (χ0) is 10.8. The maximum absolute atomic E-state index is 11.6. The van der Waals surface area contributed by atoms with Crippen molar-refractivity contribution < 1.29 is 14.3 Å². The number of Topliss-reactive ketones (excluding diaryl/α,β-unsaturated/α-hetero) is 1. The number of ketones is 1. The van der Waals surface area contributed by atoms with Crippen LogP contribution in [0, 0.1) is 0 Å². The molecule has 0 heterocycles. The van der Waals surface area contributed by atoms with Crippen molar-refractivity contribution in [1.29, 1.82) is 0 Å². The highest BCUT2D eigenvalue weighted by Gasteiger charge is 2.25. The van der Waals surface area contributed by atoms with Crippen LogP contribution in [0.4, 0.5) is 0 Å². The standard InChI is InChI=1S/C12H14O3/c1-15-12(14)9-5-6-10-8(7-9)3-2-4-11(10)13/h7H,2-6H2,1H3. The molecule has 3 heteroatoms. The van der Waals surface area contributed by atoms with Crippen LogP contribution in [0.5, 0.6) is 0 Å². The number of carbonyl (C=O) groups is 2. The van der Waals surface area contributed by atoms with Crippen LogP contribution in [-0.2, 0) is 14.3 Å². The lowest BCUT2D eigenvalue weighted by Crippen LogP contribution is -2.17. The quantitative estimate of drug-likeness (QED) is 0.616. The summed E-state index contributed by atoms with van der Waals surface area (Å²) in [5.41, 5.74) is 2.69.